The lowest BCUT2D eigenvalue weighted by Crippen LogP contribution is -1.54. The van der Waals surface area contributed by atoms with Crippen molar-refractivity contribution in [3.63, 3.8) is 0 Å². The Morgan fingerprint density at radius 3 is 1.17 bits per heavy atom. The molecule has 0 aliphatic heterocycles. The number of hydrogen-bond acceptors (Lipinski definition) is 5. The molecule has 0 bridgehead atoms. The second kappa shape index (κ2) is 9.01. The summed E-state index contributed by atoms with van der Waals surface area (Å²) in [6, 6.07) is 0. The van der Waals surface area contributed by atoms with Crippen LogP contribution in [-0.2, 0) is 12.5 Å². The van der Waals surface area contributed by atoms with Crippen molar-refractivity contribution >= 4 is 21.1 Å². The van der Waals surface area contributed by atoms with Gasteiger partial charge >= 0.3 is 8.60 Å². The van der Waals surface area contributed by atoms with Gasteiger partial charge in [-0.2, -0.15) is 4.21 Å². The van der Waals surface area contributed by atoms with Crippen LogP contribution in [0.15, 0.2) is 0 Å². The van der Waals surface area contributed by atoms with Gasteiger partial charge in [0.05, 0.1) is 0 Å². The smallest absolute Gasteiger partial charge is 0.324 e. The average molecular weight is 130 g/mol. The highest BCUT2D eigenvalue weighted by Crippen LogP contribution is 2.11. The minimum Gasteiger partial charge on any atom is -0.328 e. The summed E-state index contributed by atoms with van der Waals surface area (Å²) in [7, 11) is -2.62. The van der Waals surface area contributed by atoms with Crippen molar-refractivity contribution in [1.82, 2.24) is 0 Å². The van der Waals surface area contributed by atoms with E-state index in [-0.39, 0.29) is 0 Å². The molecule has 0 aliphatic rings. The zero-order valence-electron chi connectivity index (χ0n) is 2.61. The molecule has 0 aromatic carbocycles. The first-order chi connectivity index (χ1) is 2.73. The largest absolute Gasteiger partial charge is 0.328 e. The maximum atomic E-state index is 7.83. The normalized spacial score (nSPS) is 6.67. The second-order valence-corrected chi connectivity index (χ2v) is 0.805. The van der Waals surface area contributed by atoms with E-state index in [1.165, 1.54) is 0 Å². The van der Waals surface area contributed by atoms with Crippen LogP contribution in [0.1, 0.15) is 0 Å². The molecule has 0 unspecified atom stereocenters. The van der Waals surface area contributed by atoms with E-state index in [2.05, 4.69) is 12.5 Å². The van der Waals surface area contributed by atoms with Gasteiger partial charge in [0, 0.05) is 0 Å². The van der Waals surface area contributed by atoms with Crippen molar-refractivity contribution in [3.05, 3.63) is 0 Å². The highest BCUT2D eigenvalue weighted by Gasteiger charge is 1.76. The van der Waals surface area contributed by atoms with E-state index >= 15 is 0 Å². The first-order valence-electron chi connectivity index (χ1n) is 0.767. The average Bonchev–Trinajstić information content (AvgIpc) is 1.41. The molecule has 38 valence electrons. The van der Waals surface area contributed by atoms with Gasteiger partial charge in [-0.1, -0.05) is 0 Å². The Hall–Kier alpha value is 0.330. The van der Waals surface area contributed by atoms with Crippen LogP contribution in [0.3, 0.4) is 0 Å². The highest BCUT2D eigenvalue weighted by molar-refractivity contribution is 7.44. The van der Waals surface area contributed by atoms with E-state index in [1.807, 2.05) is 0 Å². The third-order valence-corrected chi connectivity index (χ3v) is 0. The topological polar surface area (TPSA) is 77.8 Å². The molecular weight excluding hydrogens is 127 g/mol. The van der Waals surface area contributed by atoms with Crippen LogP contribution in [0.2, 0.25) is 0 Å². The lowest BCUT2D eigenvalue weighted by molar-refractivity contribution is 0.368. The summed E-state index contributed by atoms with van der Waals surface area (Å²) in [5.74, 6) is 0. The molecule has 0 aromatic heterocycles. The van der Waals surface area contributed by atoms with Crippen LogP contribution >= 0.6 is 8.60 Å². The molecule has 0 saturated carbocycles. The summed E-state index contributed by atoms with van der Waals surface area (Å²) in [6.45, 7) is 0. The third-order valence-electron chi connectivity index (χ3n) is 0. The standard InChI is InChI=1S/H3O3P.OS/c1-4(2)3;1-2/h1-3H;. The van der Waals surface area contributed by atoms with Gasteiger partial charge in [0.15, 0.2) is 12.5 Å². The molecule has 0 atom stereocenters. The summed E-state index contributed by atoms with van der Waals surface area (Å²) in [6.07, 6.45) is 0. The zero-order chi connectivity index (χ0) is 5.58. The zero-order valence-corrected chi connectivity index (χ0v) is 4.32. The van der Waals surface area contributed by atoms with Crippen molar-refractivity contribution in [2.45, 2.75) is 0 Å². The molecule has 0 aliphatic carbocycles. The monoisotopic (exact) mass is 130 g/mol. The lowest BCUT2D eigenvalue weighted by Gasteiger charge is -1.76. The SMILES string of the molecule is O=S.OP(O)O. The Morgan fingerprint density at radius 1 is 1.17 bits per heavy atom. The van der Waals surface area contributed by atoms with Crippen LogP contribution in [0.25, 0.3) is 0 Å². The molecule has 0 spiro atoms. The van der Waals surface area contributed by atoms with Crippen molar-refractivity contribution in [1.29, 1.82) is 0 Å². The fourth-order valence-corrected chi connectivity index (χ4v) is 0. The van der Waals surface area contributed by atoms with E-state index < -0.39 is 8.60 Å². The Kier molecular flexibility index (Phi) is 14.4. The van der Waals surface area contributed by atoms with E-state index in [4.69, 9.17) is 18.9 Å². The van der Waals surface area contributed by atoms with Gasteiger partial charge in [0.25, 0.3) is 0 Å². The fraction of sp³-hybridized carbons (Fsp3) is 0. The maximum Gasteiger partial charge on any atom is 0.324 e. The Morgan fingerprint density at radius 2 is 1.17 bits per heavy atom. The lowest BCUT2D eigenvalue weighted by atomic mass is 15.8. The predicted molar refractivity (Wildman–Crippen MR) is 21.7 cm³/mol. The second-order valence-electron chi connectivity index (χ2n) is 0.268. The first-order valence-corrected chi connectivity index (χ1v) is 2.30. The summed E-state index contributed by atoms with van der Waals surface area (Å²) in [5.41, 5.74) is 0. The van der Waals surface area contributed by atoms with Gasteiger partial charge in [0.1, 0.15) is 0 Å². The molecule has 0 amide bonds. The van der Waals surface area contributed by atoms with E-state index in [0.717, 1.165) is 0 Å². The van der Waals surface area contributed by atoms with Gasteiger partial charge < -0.3 is 14.7 Å². The van der Waals surface area contributed by atoms with Crippen molar-refractivity contribution < 1.29 is 18.9 Å². The van der Waals surface area contributed by atoms with Gasteiger partial charge in [-0.05, 0) is 0 Å². The molecule has 0 radical (unpaired) electrons. The molecule has 6 heteroatoms. The Bertz CT molecular complexity index is 18.8. The summed E-state index contributed by atoms with van der Waals surface area (Å²) in [5, 5.41) is 0. The van der Waals surface area contributed by atoms with E-state index in [0.29, 0.717) is 0 Å². The molecule has 0 rings (SSSR count). The molecule has 0 heterocycles. The van der Waals surface area contributed by atoms with Crippen molar-refractivity contribution in [2.24, 2.45) is 0 Å². The molecule has 0 fully saturated rings. The van der Waals surface area contributed by atoms with Gasteiger partial charge in [0.2, 0.25) is 0 Å². The van der Waals surface area contributed by atoms with Gasteiger partial charge in [-0.25, -0.2) is 0 Å². The molecule has 0 aromatic rings. The van der Waals surface area contributed by atoms with Crippen LogP contribution in [0, 0.1) is 0 Å². The van der Waals surface area contributed by atoms with Crippen LogP contribution in [-0.4, -0.2) is 18.9 Å². The molecule has 4 nitrogen and oxygen atoms in total. The summed E-state index contributed by atoms with van der Waals surface area (Å²) < 4.78 is 7.83. The molecule has 3 N–H and O–H groups in total. The highest BCUT2D eigenvalue weighted by atomic mass is 32.1. The minimum atomic E-state index is -2.62. The van der Waals surface area contributed by atoms with E-state index in [1.54, 1.807) is 0 Å². The van der Waals surface area contributed by atoms with Crippen LogP contribution < -0.4 is 0 Å². The predicted octanol–water partition coefficient (Wildman–Crippen LogP) is -1.15. The Labute approximate surface area is 41.0 Å². The number of rotatable bonds is 0. The van der Waals surface area contributed by atoms with Crippen LogP contribution in [0.5, 0.6) is 0 Å². The van der Waals surface area contributed by atoms with Crippen molar-refractivity contribution in [3.8, 4) is 0 Å². The fourth-order valence-electron chi connectivity index (χ4n) is 0. The Balaban J connectivity index is 0. The summed E-state index contributed by atoms with van der Waals surface area (Å²) >= 11 is 2.83. The first kappa shape index (κ1) is 9.59. The van der Waals surface area contributed by atoms with Gasteiger partial charge in [-0.3, -0.25) is 0 Å². The summed E-state index contributed by atoms with van der Waals surface area (Å²) in [4.78, 5) is 21.7. The molecule has 6 heavy (non-hydrogen) atoms. The molecular formula is H3O4PS. The molecule has 0 saturated heterocycles. The number of hydrogen-bond donors (Lipinski definition) is 3. The van der Waals surface area contributed by atoms with Crippen molar-refractivity contribution in [2.75, 3.05) is 0 Å². The third kappa shape index (κ3) is 441. The van der Waals surface area contributed by atoms with Gasteiger partial charge in [-0.15, -0.1) is 0 Å². The van der Waals surface area contributed by atoms with E-state index in [9.17, 15) is 0 Å². The minimum absolute atomic E-state index is 2.62. The van der Waals surface area contributed by atoms with Crippen LogP contribution in [0.4, 0.5) is 0 Å². The quantitative estimate of drug-likeness (QED) is 0.361. The maximum absolute atomic E-state index is 7.83.